The Balaban J connectivity index is 2.68. The fraction of sp³-hybridized carbons (Fsp3) is 0.250. The van der Waals surface area contributed by atoms with Crippen molar-refractivity contribution in [2.75, 3.05) is 6.61 Å². The summed E-state index contributed by atoms with van der Waals surface area (Å²) in [6.07, 6.45) is 0. The molecule has 0 unspecified atom stereocenters. The van der Waals surface area contributed by atoms with Gasteiger partial charge in [0, 0.05) is 0 Å². The van der Waals surface area contributed by atoms with E-state index in [1.807, 2.05) is 31.2 Å². The minimum absolute atomic E-state index is 0.644. The molecule has 0 saturated heterocycles. The Labute approximate surface area is 93.1 Å². The Morgan fingerprint density at radius 2 is 2.00 bits per heavy atom. The molecule has 0 radical (unpaired) electrons. The van der Waals surface area contributed by atoms with Crippen LogP contribution in [0.2, 0.25) is 0 Å². The molecule has 0 amide bonds. The van der Waals surface area contributed by atoms with E-state index in [1.165, 1.54) is 5.56 Å². The number of aryl methyl sites for hydroxylation is 1. The monoisotopic (exact) mass is 224 g/mol. The van der Waals surface area contributed by atoms with Crippen molar-refractivity contribution in [2.45, 2.75) is 13.8 Å². The summed E-state index contributed by atoms with van der Waals surface area (Å²) in [5, 5.41) is 0. The summed E-state index contributed by atoms with van der Waals surface area (Å²) in [4.78, 5) is 0. The van der Waals surface area contributed by atoms with E-state index in [0.717, 1.165) is 5.56 Å². The number of benzene rings is 1. The first-order valence-electron chi connectivity index (χ1n) is 4.48. The molecular weight excluding hydrogens is 212 g/mol. The zero-order valence-electron chi connectivity index (χ0n) is 8.33. The van der Waals surface area contributed by atoms with Gasteiger partial charge in [0.1, 0.15) is 0 Å². The van der Waals surface area contributed by atoms with Crippen molar-refractivity contribution in [2.24, 2.45) is 0 Å². The van der Waals surface area contributed by atoms with Crippen LogP contribution in [0.1, 0.15) is 18.1 Å². The molecule has 0 N–H and O–H groups in total. The van der Waals surface area contributed by atoms with Gasteiger partial charge in [-0.05, 0) is 0 Å². The van der Waals surface area contributed by atoms with Gasteiger partial charge in [0.05, 0.1) is 0 Å². The van der Waals surface area contributed by atoms with E-state index in [2.05, 4.69) is 34.6 Å². The van der Waals surface area contributed by atoms with Crippen LogP contribution in [0, 0.1) is 18.8 Å². The number of hydrogen-bond acceptors (Lipinski definition) is 1. The van der Waals surface area contributed by atoms with Gasteiger partial charge in [-0.2, -0.15) is 0 Å². The molecule has 0 bridgehead atoms. The van der Waals surface area contributed by atoms with Crippen molar-refractivity contribution < 1.29 is 20.6 Å². The quantitative estimate of drug-likeness (QED) is 0.699. The fourth-order valence-electron chi connectivity index (χ4n) is 0.927. The van der Waals surface area contributed by atoms with E-state index in [4.69, 9.17) is 4.74 Å². The molecule has 1 aromatic carbocycles. The Bertz CT molecular complexity index is 368. The van der Waals surface area contributed by atoms with Gasteiger partial charge in [0.25, 0.3) is 0 Å². The average molecular weight is 224 g/mol. The maximum atomic E-state index is 5.17. The molecule has 0 fully saturated rings. The summed E-state index contributed by atoms with van der Waals surface area (Å²) in [7, 11) is 0. The van der Waals surface area contributed by atoms with E-state index in [1.54, 1.807) is 0 Å². The maximum absolute atomic E-state index is 5.17. The molecule has 0 spiro atoms. The van der Waals surface area contributed by atoms with Crippen LogP contribution >= 0.6 is 0 Å². The molecular formula is C12H12CrO. The van der Waals surface area contributed by atoms with Crippen LogP contribution in [0.5, 0.6) is 0 Å². The molecule has 14 heavy (non-hydrogen) atoms. The van der Waals surface area contributed by atoms with E-state index in [9.17, 15) is 0 Å². The van der Waals surface area contributed by atoms with Crippen molar-refractivity contribution in [3.8, 4) is 11.8 Å². The van der Waals surface area contributed by atoms with Crippen LogP contribution < -0.4 is 0 Å². The number of ether oxygens (including phenoxy) is 1. The van der Waals surface area contributed by atoms with Crippen molar-refractivity contribution in [1.82, 2.24) is 0 Å². The second-order valence-electron chi connectivity index (χ2n) is 2.84. The second kappa shape index (κ2) is 5.79. The molecule has 0 atom stereocenters. The summed E-state index contributed by atoms with van der Waals surface area (Å²) in [5.41, 5.74) is 2.25. The first-order valence-corrected chi connectivity index (χ1v) is 5.11. The summed E-state index contributed by atoms with van der Waals surface area (Å²) < 4.78 is 5.82. The first kappa shape index (κ1) is 11.2. The zero-order chi connectivity index (χ0) is 10.4. The molecule has 2 heteroatoms. The summed E-state index contributed by atoms with van der Waals surface area (Å²) in [6.45, 7) is 4.64. The van der Waals surface area contributed by atoms with Crippen LogP contribution in [-0.4, -0.2) is 11.2 Å². The van der Waals surface area contributed by atoms with Gasteiger partial charge in [-0.25, -0.2) is 0 Å². The Morgan fingerprint density at radius 1 is 1.36 bits per heavy atom. The Morgan fingerprint density at radius 3 is 2.57 bits per heavy atom. The van der Waals surface area contributed by atoms with Crippen LogP contribution in [0.25, 0.3) is 0 Å². The Kier molecular flexibility index (Phi) is 4.64. The summed E-state index contributed by atoms with van der Waals surface area (Å²) >= 11 is 2.78. The molecule has 0 heterocycles. The van der Waals surface area contributed by atoms with E-state index < -0.39 is 0 Å². The van der Waals surface area contributed by atoms with Gasteiger partial charge in [-0.15, -0.1) is 0 Å². The third-order valence-electron chi connectivity index (χ3n) is 1.64. The van der Waals surface area contributed by atoms with Gasteiger partial charge in [0.15, 0.2) is 0 Å². The third kappa shape index (κ3) is 3.90. The number of hydrogen-bond donors (Lipinski definition) is 0. The molecule has 0 aliphatic carbocycles. The van der Waals surface area contributed by atoms with Gasteiger partial charge >= 0.3 is 92.8 Å². The molecule has 0 aliphatic heterocycles. The Hall–Kier alpha value is -0.858. The van der Waals surface area contributed by atoms with Gasteiger partial charge in [0.2, 0.25) is 0 Å². The molecule has 1 nitrogen and oxygen atoms in total. The predicted molar refractivity (Wildman–Crippen MR) is 54.7 cm³/mol. The average Bonchev–Trinajstić information content (AvgIpc) is 2.17. The van der Waals surface area contributed by atoms with Crippen molar-refractivity contribution in [3.05, 3.63) is 35.4 Å². The van der Waals surface area contributed by atoms with Crippen LogP contribution in [0.3, 0.4) is 0 Å². The predicted octanol–water partition coefficient (Wildman–Crippen LogP) is 2.06. The summed E-state index contributed by atoms with van der Waals surface area (Å²) in [5.74, 6) is 5.92. The molecule has 0 aromatic heterocycles. The molecule has 72 valence electrons. The standard InChI is InChI=1S/C12H12O.Cr/c1-3-13-10-4-5-12-8-6-11(2)7-9-12;/h6-9H,3H2,1-2H3;. The third-order valence-corrected chi connectivity index (χ3v) is 1.98. The number of rotatable bonds is 2. The molecule has 0 saturated carbocycles. The van der Waals surface area contributed by atoms with Crippen LogP contribution in [-0.2, 0) is 20.6 Å². The molecule has 0 aliphatic rings. The van der Waals surface area contributed by atoms with E-state index >= 15 is 0 Å². The molecule has 1 aromatic rings. The second-order valence-corrected chi connectivity index (χ2v) is 3.42. The van der Waals surface area contributed by atoms with Crippen molar-refractivity contribution in [3.63, 3.8) is 0 Å². The minimum atomic E-state index is 0.644. The van der Waals surface area contributed by atoms with Crippen molar-refractivity contribution >= 4 is 4.57 Å². The van der Waals surface area contributed by atoms with Crippen LogP contribution in [0.15, 0.2) is 24.3 Å². The van der Waals surface area contributed by atoms with Gasteiger partial charge in [-0.1, -0.05) is 0 Å². The van der Waals surface area contributed by atoms with E-state index in [-0.39, 0.29) is 0 Å². The van der Waals surface area contributed by atoms with E-state index in [0.29, 0.717) is 11.2 Å². The topological polar surface area (TPSA) is 9.23 Å². The van der Waals surface area contributed by atoms with Gasteiger partial charge < -0.3 is 0 Å². The SMILES string of the molecule is CCO[C](=[Cr])C#Cc1ccc(C)cc1. The summed E-state index contributed by atoms with van der Waals surface area (Å²) in [6, 6.07) is 8.09. The van der Waals surface area contributed by atoms with Crippen LogP contribution in [0.4, 0.5) is 0 Å². The fourth-order valence-corrected chi connectivity index (χ4v) is 1.19. The first-order chi connectivity index (χ1) is 6.72. The zero-order valence-corrected chi connectivity index (χ0v) is 9.61. The normalized spacial score (nSPS) is 9.00. The molecule has 1 rings (SSSR count). The van der Waals surface area contributed by atoms with Crippen molar-refractivity contribution in [1.29, 1.82) is 0 Å². The van der Waals surface area contributed by atoms with Gasteiger partial charge in [-0.3, -0.25) is 0 Å².